The lowest BCUT2D eigenvalue weighted by Crippen LogP contribution is -2.29. The lowest BCUT2D eigenvalue weighted by atomic mass is 10.1. The molecule has 0 amide bonds. The molecule has 0 saturated heterocycles. The molecule has 0 radical (unpaired) electrons. The van der Waals surface area contributed by atoms with Crippen molar-refractivity contribution in [3.63, 3.8) is 0 Å². The van der Waals surface area contributed by atoms with Crippen molar-refractivity contribution in [1.29, 1.82) is 0 Å². The molecule has 0 aliphatic rings. The normalized spacial score (nSPS) is 10.2. The fourth-order valence-corrected chi connectivity index (χ4v) is 2.68. The van der Waals surface area contributed by atoms with Gasteiger partial charge in [0.05, 0.1) is 12.4 Å². The summed E-state index contributed by atoms with van der Waals surface area (Å²) in [7, 11) is 0. The van der Waals surface area contributed by atoms with Gasteiger partial charge in [0.15, 0.2) is 5.82 Å². The Bertz CT molecular complexity index is 951. The number of rotatable bonds is 10. The zero-order chi connectivity index (χ0) is 20.5. The van der Waals surface area contributed by atoms with Gasteiger partial charge in [0.25, 0.3) is 0 Å². The van der Waals surface area contributed by atoms with Gasteiger partial charge in [-0.3, -0.25) is 0 Å². The van der Waals surface area contributed by atoms with E-state index < -0.39 is 0 Å². The molecular weight excluding hydrogens is 360 g/mol. The Labute approximate surface area is 171 Å². The molecule has 0 spiro atoms. The minimum Gasteiger partial charge on any atom is -0.399 e. The van der Waals surface area contributed by atoms with Crippen LogP contribution in [0.4, 0.5) is 5.69 Å². The van der Waals surface area contributed by atoms with Crippen LogP contribution in [0.15, 0.2) is 91.7 Å². The maximum atomic E-state index is 5.70. The van der Waals surface area contributed by atoms with E-state index in [9.17, 15) is 0 Å². The molecule has 29 heavy (non-hydrogen) atoms. The molecule has 6 nitrogen and oxygen atoms in total. The number of nitrogens with two attached hydrogens (primary N) is 1. The summed E-state index contributed by atoms with van der Waals surface area (Å²) in [5, 5.41) is 9.80. The number of aromatic nitrogens is 2. The maximum Gasteiger partial charge on any atom is 0.159 e. The fraction of sp³-hybridized carbons (Fsp3) is 0.130. The summed E-state index contributed by atoms with van der Waals surface area (Å²) in [5.74, 6) is 1.46. The Balaban J connectivity index is 1.41. The molecule has 0 atom stereocenters. The van der Waals surface area contributed by atoms with E-state index in [0.717, 1.165) is 39.7 Å². The Morgan fingerprint density at radius 3 is 2.31 bits per heavy atom. The van der Waals surface area contributed by atoms with Crippen LogP contribution in [0, 0.1) is 0 Å². The van der Waals surface area contributed by atoms with Gasteiger partial charge in [-0.1, -0.05) is 43.5 Å². The van der Waals surface area contributed by atoms with E-state index in [0.29, 0.717) is 19.6 Å². The van der Waals surface area contributed by atoms with Gasteiger partial charge in [0.1, 0.15) is 0 Å². The van der Waals surface area contributed by atoms with Crippen molar-refractivity contribution in [2.45, 2.75) is 13.1 Å². The van der Waals surface area contributed by atoms with Crippen LogP contribution in [-0.2, 0) is 13.1 Å². The van der Waals surface area contributed by atoms with Crippen LogP contribution in [0.3, 0.4) is 0 Å². The first-order chi connectivity index (χ1) is 14.1. The summed E-state index contributed by atoms with van der Waals surface area (Å²) < 4.78 is 0. The van der Waals surface area contributed by atoms with Gasteiger partial charge in [-0.2, -0.15) is 0 Å². The smallest absolute Gasteiger partial charge is 0.159 e. The van der Waals surface area contributed by atoms with Crippen molar-refractivity contribution < 1.29 is 0 Å². The van der Waals surface area contributed by atoms with Crippen molar-refractivity contribution in [3.8, 4) is 11.4 Å². The van der Waals surface area contributed by atoms with E-state index in [-0.39, 0.29) is 0 Å². The van der Waals surface area contributed by atoms with Crippen molar-refractivity contribution in [2.75, 3.05) is 12.3 Å². The van der Waals surface area contributed by atoms with Crippen molar-refractivity contribution in [3.05, 3.63) is 103 Å². The summed E-state index contributed by atoms with van der Waals surface area (Å²) in [6.45, 7) is 9.99. The Morgan fingerprint density at radius 1 is 0.828 bits per heavy atom. The largest absolute Gasteiger partial charge is 0.399 e. The molecule has 5 N–H and O–H groups in total. The second-order valence-corrected chi connectivity index (χ2v) is 6.66. The Morgan fingerprint density at radius 2 is 1.55 bits per heavy atom. The van der Waals surface area contributed by atoms with E-state index in [1.165, 1.54) is 0 Å². The third-order valence-corrected chi connectivity index (χ3v) is 4.29. The van der Waals surface area contributed by atoms with Crippen LogP contribution in [0.5, 0.6) is 0 Å². The van der Waals surface area contributed by atoms with Crippen LogP contribution in [-0.4, -0.2) is 16.5 Å². The molecule has 0 saturated carbocycles. The molecule has 3 rings (SSSR count). The molecule has 1 heterocycles. The maximum absolute atomic E-state index is 5.70. The van der Waals surface area contributed by atoms with Gasteiger partial charge in [0.2, 0.25) is 0 Å². The van der Waals surface area contributed by atoms with Gasteiger partial charge in [-0.05, 0) is 35.4 Å². The molecule has 0 aliphatic carbocycles. The highest BCUT2D eigenvalue weighted by Crippen LogP contribution is 2.15. The number of hydrogen-bond donors (Lipinski definition) is 4. The summed E-state index contributed by atoms with van der Waals surface area (Å²) in [4.78, 5) is 8.59. The third-order valence-electron chi connectivity index (χ3n) is 4.29. The van der Waals surface area contributed by atoms with E-state index in [4.69, 9.17) is 5.73 Å². The SMILES string of the molecule is C=C(CNC(=C)NCc1ccc(N)cc1)NCc1cccc(-c2ncccn2)c1. The molecule has 1 aromatic heterocycles. The van der Waals surface area contributed by atoms with Crippen molar-refractivity contribution in [1.82, 2.24) is 25.9 Å². The molecule has 3 aromatic rings. The summed E-state index contributed by atoms with van der Waals surface area (Å²) in [6, 6.07) is 17.7. The molecule has 2 aromatic carbocycles. The highest BCUT2D eigenvalue weighted by atomic mass is 15.1. The highest BCUT2D eigenvalue weighted by molar-refractivity contribution is 5.55. The van der Waals surface area contributed by atoms with E-state index in [2.05, 4.69) is 51.2 Å². The first-order valence-corrected chi connectivity index (χ1v) is 9.39. The van der Waals surface area contributed by atoms with Crippen LogP contribution >= 0.6 is 0 Å². The van der Waals surface area contributed by atoms with Crippen LogP contribution in [0.25, 0.3) is 11.4 Å². The predicted molar refractivity (Wildman–Crippen MR) is 118 cm³/mol. The Kier molecular flexibility index (Phi) is 6.84. The number of anilines is 1. The zero-order valence-electron chi connectivity index (χ0n) is 16.4. The summed E-state index contributed by atoms with van der Waals surface area (Å²) in [6.07, 6.45) is 3.49. The first-order valence-electron chi connectivity index (χ1n) is 9.39. The number of nitrogens with zero attached hydrogens (tertiary/aromatic N) is 2. The van der Waals surface area contributed by atoms with Gasteiger partial charge >= 0.3 is 0 Å². The zero-order valence-corrected chi connectivity index (χ0v) is 16.4. The molecular formula is C23H26N6. The highest BCUT2D eigenvalue weighted by Gasteiger charge is 2.02. The van der Waals surface area contributed by atoms with Gasteiger partial charge in [-0.15, -0.1) is 0 Å². The summed E-state index contributed by atoms with van der Waals surface area (Å²) >= 11 is 0. The minimum atomic E-state index is 0.578. The lowest BCUT2D eigenvalue weighted by molar-refractivity contribution is 0.680. The van der Waals surface area contributed by atoms with Gasteiger partial charge in [0, 0.05) is 42.4 Å². The number of nitrogens with one attached hydrogen (secondary N) is 3. The second-order valence-electron chi connectivity index (χ2n) is 6.66. The molecule has 148 valence electrons. The molecule has 0 aliphatic heterocycles. The average Bonchev–Trinajstić information content (AvgIpc) is 2.76. The number of benzene rings is 2. The lowest BCUT2D eigenvalue weighted by Gasteiger charge is -2.15. The monoisotopic (exact) mass is 386 g/mol. The van der Waals surface area contributed by atoms with Crippen LogP contribution in [0.1, 0.15) is 11.1 Å². The first kappa shape index (κ1) is 19.9. The topological polar surface area (TPSA) is 87.9 Å². The van der Waals surface area contributed by atoms with Crippen molar-refractivity contribution in [2.24, 2.45) is 0 Å². The summed E-state index contributed by atoms with van der Waals surface area (Å²) in [5.41, 5.74) is 10.6. The predicted octanol–water partition coefficient (Wildman–Crippen LogP) is 3.18. The van der Waals surface area contributed by atoms with Gasteiger partial charge in [-0.25, -0.2) is 9.97 Å². The standard InChI is InChI=1S/C23H26N6/c1-17(14-28-18(2)29-15-19-7-9-22(24)10-8-19)27-16-20-5-3-6-21(13-20)23-25-11-4-12-26-23/h3-13,27-29H,1-2,14-16,24H2. The second kappa shape index (κ2) is 9.94. The molecule has 0 unspecified atom stereocenters. The molecule has 0 fully saturated rings. The van der Waals surface area contributed by atoms with Gasteiger partial charge < -0.3 is 21.7 Å². The fourth-order valence-electron chi connectivity index (χ4n) is 2.68. The third kappa shape index (κ3) is 6.39. The van der Waals surface area contributed by atoms with E-state index in [1.54, 1.807) is 12.4 Å². The average molecular weight is 387 g/mol. The molecule has 0 bridgehead atoms. The quantitative estimate of drug-likeness (QED) is 0.400. The van der Waals surface area contributed by atoms with Crippen LogP contribution < -0.4 is 21.7 Å². The van der Waals surface area contributed by atoms with E-state index >= 15 is 0 Å². The molecule has 6 heteroatoms. The Hall–Kier alpha value is -3.80. The number of nitrogen functional groups attached to an aromatic ring is 1. The van der Waals surface area contributed by atoms with Crippen molar-refractivity contribution >= 4 is 5.69 Å². The number of hydrogen-bond acceptors (Lipinski definition) is 6. The van der Waals surface area contributed by atoms with E-state index in [1.807, 2.05) is 42.5 Å². The minimum absolute atomic E-state index is 0.578. The van der Waals surface area contributed by atoms with Crippen LogP contribution in [0.2, 0.25) is 0 Å².